The Morgan fingerprint density at radius 1 is 0.639 bits per heavy atom. The maximum absolute atomic E-state index is 12.5. The van der Waals surface area contributed by atoms with Crippen LogP contribution in [0.3, 0.4) is 0 Å². The van der Waals surface area contributed by atoms with Crippen molar-refractivity contribution in [3.63, 3.8) is 0 Å². The third-order valence-corrected chi connectivity index (χ3v) is 12.8. The van der Waals surface area contributed by atoms with Gasteiger partial charge in [0.25, 0.3) is 5.91 Å². The van der Waals surface area contributed by atoms with Crippen molar-refractivity contribution >= 4 is 101 Å². The Morgan fingerprint density at radius 3 is 1.56 bits per heavy atom. The number of carbonyl (C=O) groups excluding carboxylic acids is 2. The third-order valence-electron chi connectivity index (χ3n) is 12.8. The first kappa shape index (κ1) is 61.4. The fourth-order valence-electron chi connectivity index (χ4n) is 8.54. The average Bonchev–Trinajstić information content (AvgIpc) is 4.20. The normalized spacial score (nSPS) is 16.9. The molecule has 0 spiro atoms. The third kappa shape index (κ3) is 19.2. The van der Waals surface area contributed by atoms with Crippen LogP contribution >= 0.6 is 38.9 Å². The molecule has 1 amide bonds. The van der Waals surface area contributed by atoms with Crippen LogP contribution in [0.2, 0.25) is 0 Å². The number of ether oxygens (including phenoxy) is 4. The van der Waals surface area contributed by atoms with Gasteiger partial charge in [-0.1, -0.05) is 0 Å². The maximum atomic E-state index is 12.5. The van der Waals surface area contributed by atoms with Crippen LogP contribution in [0.5, 0.6) is 17.2 Å². The predicted octanol–water partition coefficient (Wildman–Crippen LogP) is 4.76. The Balaban J connectivity index is 0.000000258. The van der Waals surface area contributed by atoms with Gasteiger partial charge in [-0.25, -0.2) is 0 Å². The van der Waals surface area contributed by atoms with Crippen molar-refractivity contribution in [2.45, 2.75) is 25.9 Å². The molecular weight excluding hydrogens is 1010 g/mol. The van der Waals surface area contributed by atoms with Crippen molar-refractivity contribution in [3.8, 4) is 17.2 Å². The van der Waals surface area contributed by atoms with Crippen molar-refractivity contribution in [2.24, 2.45) is 0 Å². The SMILES string of the molecule is C1CCOC1.COc1ccc2[nH]c(C(=O)N3CCN(C)CC3)cc2c1.COc1ccc2[nH]c(CN3CCN(C)CC3)c(C=O)c2c1.COc1ccc2[nH]c(CN3CCN(C)CC3)cc2c1.O=P(Cl)(Cl)Cl.[AlH3].[H-].[Li+]. The first-order valence-electron chi connectivity index (χ1n) is 23.7. The molecule has 0 atom stereocenters. The van der Waals surface area contributed by atoms with E-state index in [1.54, 1.807) is 21.3 Å². The van der Waals surface area contributed by atoms with Crippen LogP contribution in [0.4, 0.5) is 0 Å². The average molecular weight is 1080 g/mol. The second-order valence-electron chi connectivity index (χ2n) is 17.9. The Hall–Kier alpha value is -3.19. The van der Waals surface area contributed by atoms with E-state index in [0.717, 1.165) is 161 Å². The van der Waals surface area contributed by atoms with Crippen LogP contribution < -0.4 is 33.1 Å². The van der Waals surface area contributed by atoms with E-state index in [1.807, 2.05) is 53.4 Å². The summed E-state index contributed by atoms with van der Waals surface area (Å²) in [5.74, 6) is 2.57. The van der Waals surface area contributed by atoms with Crippen LogP contribution in [0.25, 0.3) is 32.7 Å². The molecule has 16 nitrogen and oxygen atoms in total. The summed E-state index contributed by atoms with van der Waals surface area (Å²) in [7, 11) is 11.4. The van der Waals surface area contributed by atoms with Gasteiger partial charge in [0.05, 0.1) is 21.3 Å². The van der Waals surface area contributed by atoms with E-state index in [0.29, 0.717) is 5.69 Å². The summed E-state index contributed by atoms with van der Waals surface area (Å²) in [5.41, 5.74) is 6.82. The molecule has 0 radical (unpaired) electrons. The van der Waals surface area contributed by atoms with E-state index in [1.165, 1.54) is 29.4 Å². The molecule has 0 saturated carbocycles. The number of hydrogen-bond acceptors (Lipinski definition) is 12. The largest absolute Gasteiger partial charge is 1.00 e. The number of amides is 1. The number of nitrogens with one attached hydrogen (secondary N) is 3. The fraction of sp³-hybridized carbons (Fsp3) is 0.480. The van der Waals surface area contributed by atoms with Crippen LogP contribution in [-0.2, 0) is 22.4 Å². The first-order valence-corrected chi connectivity index (χ1v) is 28.1. The summed E-state index contributed by atoms with van der Waals surface area (Å²) in [5, 5.41) is -0.0567. The number of aromatic nitrogens is 3. The van der Waals surface area contributed by atoms with Gasteiger partial charge in [-0.05, 0) is 134 Å². The molecule has 390 valence electrons. The van der Waals surface area contributed by atoms with Crippen LogP contribution in [0.1, 0.15) is 46.5 Å². The monoisotopic (exact) mass is 1080 g/mol. The molecule has 0 bridgehead atoms. The molecule has 3 N–H and O–H groups in total. The van der Waals surface area contributed by atoms with Crippen molar-refractivity contribution in [2.75, 3.05) is 134 Å². The topological polar surface area (TPSA) is 155 Å². The number of hydrogen-bond donors (Lipinski definition) is 3. The minimum atomic E-state index is -3.22. The number of carbonyl (C=O) groups is 2. The van der Waals surface area contributed by atoms with E-state index in [-0.39, 0.29) is 43.6 Å². The van der Waals surface area contributed by atoms with Crippen molar-refractivity contribution in [1.29, 1.82) is 0 Å². The standard InChI is InChI=1S/C16H21N3O2.C15H19N3O2.C15H21N3O.C4H8O.Al.Cl3OP.Li.4H/c1-18-5-7-19(8-6-18)10-16-14(11-20)13-9-12(21-2)3-4-15(13)17-16;1-17-5-7-18(8-6-17)15(19)14-10-11-9-12(20-2)3-4-13(11)16-14;1-17-5-7-18(8-6-17)11-13-9-12-10-14(19-2)3-4-15(12)16-13;1-2-4-5-3-1;;1-5(2,3)4;;;;;/h3-4,9,11,17H,5-8,10H2,1-2H3;3-4,9-10,16H,5-8H2,1-2H3;3-4,9-10,16H,5-8,11H2,1-2H3;1-4H2;;;;;;;/q;;;;;;+1;;;;-1. The number of nitrogens with zero attached hydrogens (tertiary/aromatic N) is 6. The van der Waals surface area contributed by atoms with Gasteiger partial charge >= 0.3 is 24.1 Å². The zero-order chi connectivity index (χ0) is 50.2. The number of benzene rings is 3. The molecular formula is C50H73AlCl3LiN9O7P. The summed E-state index contributed by atoms with van der Waals surface area (Å²) >= 11 is 13.8. The summed E-state index contributed by atoms with van der Waals surface area (Å²) in [6.07, 6.45) is 3.50. The van der Waals surface area contributed by atoms with Crippen molar-refractivity contribution < 1.29 is 53.4 Å². The smallest absolute Gasteiger partial charge is 1.00 e. The number of fused-ring (bicyclic) bond motifs is 3. The van der Waals surface area contributed by atoms with Gasteiger partial charge in [-0.3, -0.25) is 24.0 Å². The molecule has 6 aromatic rings. The van der Waals surface area contributed by atoms with Gasteiger partial charge in [0.2, 0.25) is 0 Å². The number of halogens is 3. The Bertz CT molecular complexity index is 2640. The molecule has 4 aliphatic heterocycles. The van der Waals surface area contributed by atoms with Crippen molar-refractivity contribution in [1.82, 2.24) is 44.4 Å². The summed E-state index contributed by atoms with van der Waals surface area (Å²) < 4.78 is 30.2. The number of aldehydes is 1. The van der Waals surface area contributed by atoms with Crippen LogP contribution in [0.15, 0.2) is 66.7 Å². The molecule has 0 aliphatic carbocycles. The van der Waals surface area contributed by atoms with Gasteiger partial charge < -0.3 is 54.9 Å². The van der Waals surface area contributed by atoms with Crippen molar-refractivity contribution in [3.05, 3.63) is 89.4 Å². The van der Waals surface area contributed by atoms with Crippen LogP contribution in [0, 0.1) is 0 Å². The summed E-state index contributed by atoms with van der Waals surface area (Å²) in [6.45, 7) is 16.1. The van der Waals surface area contributed by atoms with E-state index in [9.17, 15) is 14.2 Å². The van der Waals surface area contributed by atoms with E-state index < -0.39 is 5.20 Å². The second-order valence-corrected chi connectivity index (χ2v) is 24.5. The number of piperazine rings is 3. The number of likely N-dealkylation sites (N-methyl/N-ethyl adjacent to an activating group) is 3. The van der Waals surface area contributed by atoms with Gasteiger partial charge in [-0.2, -0.15) is 0 Å². The molecule has 7 heterocycles. The molecule has 4 fully saturated rings. The second kappa shape index (κ2) is 30.4. The molecule has 0 unspecified atom stereocenters. The Labute approximate surface area is 462 Å². The van der Waals surface area contributed by atoms with Gasteiger partial charge in [0.15, 0.2) is 23.6 Å². The van der Waals surface area contributed by atoms with E-state index in [4.69, 9.17) is 18.9 Å². The molecule has 72 heavy (non-hydrogen) atoms. The number of aromatic amines is 3. The predicted molar refractivity (Wildman–Crippen MR) is 295 cm³/mol. The molecule has 22 heteroatoms. The minimum Gasteiger partial charge on any atom is -1.00 e. The van der Waals surface area contributed by atoms with E-state index in [2.05, 4.69) is 113 Å². The fourth-order valence-corrected chi connectivity index (χ4v) is 8.54. The Morgan fingerprint density at radius 2 is 1.08 bits per heavy atom. The maximum Gasteiger partial charge on any atom is 1.00 e. The molecule has 4 saturated heterocycles. The summed E-state index contributed by atoms with van der Waals surface area (Å²) in [6, 6.07) is 21.9. The minimum absolute atomic E-state index is 0. The van der Waals surface area contributed by atoms with Gasteiger partial charge in [0, 0.05) is 155 Å². The first-order chi connectivity index (χ1) is 33.6. The molecule has 3 aromatic heterocycles. The Kier molecular flexibility index (Phi) is 25.9. The van der Waals surface area contributed by atoms with Crippen LogP contribution in [-0.4, -0.2) is 208 Å². The summed E-state index contributed by atoms with van der Waals surface area (Å²) in [4.78, 5) is 47.8. The number of rotatable bonds is 9. The van der Waals surface area contributed by atoms with E-state index >= 15 is 0 Å². The molecule has 10 rings (SSSR count). The zero-order valence-corrected chi connectivity index (χ0v) is 45.4. The quantitative estimate of drug-likeness (QED) is 0.104. The van der Waals surface area contributed by atoms with Gasteiger partial charge in [-0.15, -0.1) is 0 Å². The molecule has 3 aromatic carbocycles. The number of H-pyrrole nitrogens is 3. The number of methoxy groups -OCH3 is 3. The molecule has 4 aliphatic rings. The van der Waals surface area contributed by atoms with Gasteiger partial charge in [0.1, 0.15) is 22.9 Å². The zero-order valence-electron chi connectivity index (χ0n) is 43.3.